The molecule has 2 aromatic rings. The van der Waals surface area contributed by atoms with Crippen molar-refractivity contribution in [3.05, 3.63) is 60.1 Å². The minimum absolute atomic E-state index is 0.209. The fourth-order valence-corrected chi connectivity index (χ4v) is 1.82. The van der Waals surface area contributed by atoms with E-state index in [0.717, 1.165) is 5.56 Å². The van der Waals surface area contributed by atoms with Gasteiger partial charge in [0.25, 0.3) is 0 Å². The third-order valence-electron chi connectivity index (χ3n) is 2.88. The molecular formula is C16H16N2O3. The highest BCUT2D eigenvalue weighted by molar-refractivity contribution is 5.67. The SMILES string of the molecule is N#CCCN(Cc1ccco1)C(=O)OCc1ccccc1. The van der Waals surface area contributed by atoms with Crippen molar-refractivity contribution in [2.75, 3.05) is 6.54 Å². The number of furan rings is 1. The Labute approximate surface area is 123 Å². The van der Waals surface area contributed by atoms with Crippen molar-refractivity contribution in [1.82, 2.24) is 4.90 Å². The molecule has 0 aliphatic heterocycles. The van der Waals surface area contributed by atoms with Gasteiger partial charge >= 0.3 is 6.09 Å². The zero-order chi connectivity index (χ0) is 14.9. The fraction of sp³-hybridized carbons (Fsp3) is 0.250. The number of ether oxygens (including phenoxy) is 1. The van der Waals surface area contributed by atoms with Crippen LogP contribution in [0.15, 0.2) is 53.1 Å². The number of nitriles is 1. The van der Waals surface area contributed by atoms with Gasteiger partial charge in [0.15, 0.2) is 0 Å². The average molecular weight is 284 g/mol. The molecule has 5 heteroatoms. The van der Waals surface area contributed by atoms with Crippen LogP contribution in [0.25, 0.3) is 0 Å². The second kappa shape index (κ2) is 7.75. The maximum Gasteiger partial charge on any atom is 0.410 e. The lowest BCUT2D eigenvalue weighted by molar-refractivity contribution is 0.0919. The summed E-state index contributed by atoms with van der Waals surface area (Å²) in [5.74, 6) is 0.657. The number of hydrogen-bond acceptors (Lipinski definition) is 4. The van der Waals surface area contributed by atoms with Crippen molar-refractivity contribution in [3.8, 4) is 6.07 Å². The minimum Gasteiger partial charge on any atom is -0.467 e. The summed E-state index contributed by atoms with van der Waals surface area (Å²) in [6.45, 7) is 0.813. The Kier molecular flexibility index (Phi) is 5.41. The third-order valence-corrected chi connectivity index (χ3v) is 2.88. The Morgan fingerprint density at radius 1 is 1.24 bits per heavy atom. The van der Waals surface area contributed by atoms with Gasteiger partial charge in [0.05, 0.1) is 25.3 Å². The van der Waals surface area contributed by atoms with Crippen LogP contribution in [0.5, 0.6) is 0 Å². The van der Waals surface area contributed by atoms with Crippen LogP contribution in [0, 0.1) is 11.3 Å². The van der Waals surface area contributed by atoms with E-state index in [1.165, 1.54) is 4.90 Å². The van der Waals surface area contributed by atoms with Gasteiger partial charge in [0.2, 0.25) is 0 Å². The Hall–Kier alpha value is -2.74. The van der Waals surface area contributed by atoms with Crippen LogP contribution in [-0.2, 0) is 17.9 Å². The molecule has 1 heterocycles. The lowest BCUT2D eigenvalue weighted by Crippen LogP contribution is -2.31. The van der Waals surface area contributed by atoms with Crippen molar-refractivity contribution < 1.29 is 13.9 Å². The van der Waals surface area contributed by atoms with Gasteiger partial charge in [-0.05, 0) is 17.7 Å². The lowest BCUT2D eigenvalue weighted by Gasteiger charge is -2.19. The van der Waals surface area contributed by atoms with Crippen LogP contribution in [-0.4, -0.2) is 17.5 Å². The highest BCUT2D eigenvalue weighted by Gasteiger charge is 2.16. The zero-order valence-electron chi connectivity index (χ0n) is 11.6. The van der Waals surface area contributed by atoms with E-state index in [0.29, 0.717) is 18.8 Å². The van der Waals surface area contributed by atoms with Gasteiger partial charge in [-0.15, -0.1) is 0 Å². The van der Waals surface area contributed by atoms with Gasteiger partial charge in [-0.25, -0.2) is 4.79 Å². The number of benzene rings is 1. The van der Waals surface area contributed by atoms with Crippen molar-refractivity contribution in [2.24, 2.45) is 0 Å². The summed E-state index contributed by atoms with van der Waals surface area (Å²) in [4.78, 5) is 13.6. The monoisotopic (exact) mass is 284 g/mol. The molecule has 108 valence electrons. The second-order valence-electron chi connectivity index (χ2n) is 4.45. The van der Waals surface area contributed by atoms with Crippen molar-refractivity contribution in [2.45, 2.75) is 19.6 Å². The number of carbonyl (C=O) groups excluding carboxylic acids is 1. The van der Waals surface area contributed by atoms with Crippen LogP contribution < -0.4 is 0 Å². The Morgan fingerprint density at radius 2 is 2.05 bits per heavy atom. The highest BCUT2D eigenvalue weighted by atomic mass is 16.6. The molecule has 0 aliphatic rings. The Morgan fingerprint density at radius 3 is 2.71 bits per heavy atom. The van der Waals surface area contributed by atoms with E-state index in [1.54, 1.807) is 18.4 Å². The van der Waals surface area contributed by atoms with E-state index in [-0.39, 0.29) is 13.0 Å². The quantitative estimate of drug-likeness (QED) is 0.816. The molecule has 0 aliphatic carbocycles. The van der Waals surface area contributed by atoms with E-state index in [4.69, 9.17) is 14.4 Å². The second-order valence-corrected chi connectivity index (χ2v) is 4.45. The first-order valence-corrected chi connectivity index (χ1v) is 6.64. The van der Waals surface area contributed by atoms with Gasteiger partial charge in [-0.3, -0.25) is 4.90 Å². The van der Waals surface area contributed by atoms with Crippen LogP contribution >= 0.6 is 0 Å². The van der Waals surface area contributed by atoms with E-state index in [2.05, 4.69) is 0 Å². The maximum atomic E-state index is 12.1. The molecule has 0 saturated heterocycles. The zero-order valence-corrected chi connectivity index (χ0v) is 11.6. The number of rotatable bonds is 6. The fourth-order valence-electron chi connectivity index (χ4n) is 1.82. The van der Waals surface area contributed by atoms with E-state index >= 15 is 0 Å². The molecule has 1 aromatic heterocycles. The van der Waals surface area contributed by atoms with Crippen LogP contribution in [0.4, 0.5) is 4.79 Å². The largest absolute Gasteiger partial charge is 0.467 e. The number of carbonyl (C=O) groups is 1. The summed E-state index contributed by atoms with van der Waals surface area (Å²) in [6, 6.07) is 15.0. The molecule has 0 saturated carbocycles. The molecule has 0 bridgehead atoms. The molecule has 2 rings (SSSR count). The summed E-state index contributed by atoms with van der Waals surface area (Å²) in [5.41, 5.74) is 0.920. The molecule has 0 atom stereocenters. The maximum absolute atomic E-state index is 12.1. The molecule has 1 amide bonds. The predicted molar refractivity (Wildman–Crippen MR) is 76.0 cm³/mol. The smallest absolute Gasteiger partial charge is 0.410 e. The molecule has 5 nitrogen and oxygen atoms in total. The first kappa shape index (κ1) is 14.7. The first-order chi connectivity index (χ1) is 10.3. The standard InChI is InChI=1S/C16H16N2O3/c17-9-5-10-18(12-15-8-4-11-20-15)16(19)21-13-14-6-2-1-3-7-14/h1-4,6-8,11H,5,10,12-13H2. The first-order valence-electron chi connectivity index (χ1n) is 6.64. The number of amides is 1. The van der Waals surface area contributed by atoms with Crippen molar-refractivity contribution >= 4 is 6.09 Å². The van der Waals surface area contributed by atoms with Crippen LogP contribution in [0.2, 0.25) is 0 Å². The summed E-state index contributed by atoms with van der Waals surface area (Å²) >= 11 is 0. The summed E-state index contributed by atoms with van der Waals surface area (Å²) < 4.78 is 10.5. The number of hydrogen-bond donors (Lipinski definition) is 0. The molecule has 0 radical (unpaired) electrons. The minimum atomic E-state index is -0.453. The molecule has 21 heavy (non-hydrogen) atoms. The molecule has 1 aromatic carbocycles. The van der Waals surface area contributed by atoms with Gasteiger partial charge < -0.3 is 9.15 Å². The summed E-state index contributed by atoms with van der Waals surface area (Å²) in [7, 11) is 0. The van der Waals surface area contributed by atoms with Gasteiger partial charge in [0.1, 0.15) is 12.4 Å². The summed E-state index contributed by atoms with van der Waals surface area (Å²) in [5, 5.41) is 8.68. The molecule has 0 N–H and O–H groups in total. The molecular weight excluding hydrogens is 268 g/mol. The highest BCUT2D eigenvalue weighted by Crippen LogP contribution is 2.09. The molecule has 0 fully saturated rings. The third kappa shape index (κ3) is 4.69. The van der Waals surface area contributed by atoms with E-state index in [1.807, 2.05) is 36.4 Å². The van der Waals surface area contributed by atoms with Gasteiger partial charge in [-0.2, -0.15) is 5.26 Å². The van der Waals surface area contributed by atoms with E-state index in [9.17, 15) is 4.79 Å². The van der Waals surface area contributed by atoms with Crippen molar-refractivity contribution in [3.63, 3.8) is 0 Å². The normalized spacial score (nSPS) is 9.86. The van der Waals surface area contributed by atoms with Crippen LogP contribution in [0.3, 0.4) is 0 Å². The topological polar surface area (TPSA) is 66.5 Å². The number of nitrogens with zero attached hydrogens (tertiary/aromatic N) is 2. The van der Waals surface area contributed by atoms with E-state index < -0.39 is 6.09 Å². The van der Waals surface area contributed by atoms with Crippen molar-refractivity contribution in [1.29, 1.82) is 5.26 Å². The molecule has 0 spiro atoms. The average Bonchev–Trinajstić information content (AvgIpc) is 3.03. The lowest BCUT2D eigenvalue weighted by atomic mass is 10.2. The van der Waals surface area contributed by atoms with Gasteiger partial charge in [-0.1, -0.05) is 30.3 Å². The predicted octanol–water partition coefficient (Wildman–Crippen LogP) is 3.33. The molecule has 0 unspecified atom stereocenters. The van der Waals surface area contributed by atoms with Crippen LogP contribution in [0.1, 0.15) is 17.7 Å². The Balaban J connectivity index is 1.92. The summed E-state index contributed by atoms with van der Waals surface area (Å²) in [6.07, 6.45) is 1.35. The van der Waals surface area contributed by atoms with Gasteiger partial charge in [0, 0.05) is 6.54 Å². The Bertz CT molecular complexity index is 588.